The summed E-state index contributed by atoms with van der Waals surface area (Å²) in [6, 6.07) is 1.88. The summed E-state index contributed by atoms with van der Waals surface area (Å²) in [4.78, 5) is 7.85. The van der Waals surface area contributed by atoms with Crippen LogP contribution >= 0.6 is 12.2 Å². The number of hydrogen-bond donors (Lipinski definition) is 1. The van der Waals surface area contributed by atoms with E-state index in [0.717, 1.165) is 17.4 Å². The third-order valence-corrected chi connectivity index (χ3v) is 3.65. The van der Waals surface area contributed by atoms with Crippen molar-refractivity contribution in [3.8, 4) is 0 Å². The highest BCUT2D eigenvalue weighted by molar-refractivity contribution is 7.71. The Morgan fingerprint density at radius 1 is 1.53 bits per heavy atom. The number of nitrogens with zero attached hydrogens (tertiary/aromatic N) is 1. The minimum atomic E-state index is 0.539. The largest absolute Gasteiger partial charge is 0.378 e. The van der Waals surface area contributed by atoms with Gasteiger partial charge in [0.15, 0.2) is 0 Å². The van der Waals surface area contributed by atoms with Gasteiger partial charge in [-0.1, -0.05) is 32.0 Å². The molecule has 1 saturated carbocycles. The van der Waals surface area contributed by atoms with Gasteiger partial charge < -0.3 is 9.72 Å². The van der Waals surface area contributed by atoms with Crippen molar-refractivity contribution in [1.82, 2.24) is 9.97 Å². The second-order valence-electron chi connectivity index (χ2n) is 5.03. The molecule has 0 spiro atoms. The van der Waals surface area contributed by atoms with Crippen LogP contribution in [0.3, 0.4) is 0 Å². The topological polar surface area (TPSA) is 37.9 Å². The number of nitrogens with one attached hydrogen (secondary N) is 1. The first kappa shape index (κ1) is 12.7. The van der Waals surface area contributed by atoms with E-state index in [0.29, 0.717) is 17.2 Å². The molecule has 1 aromatic rings. The van der Waals surface area contributed by atoms with Crippen LogP contribution in [0.4, 0.5) is 0 Å². The normalized spacial score (nSPS) is 24.8. The van der Waals surface area contributed by atoms with Gasteiger partial charge in [-0.15, -0.1) is 0 Å². The maximum absolute atomic E-state index is 5.21. The second-order valence-corrected chi connectivity index (χ2v) is 5.45. The maximum atomic E-state index is 5.21. The summed E-state index contributed by atoms with van der Waals surface area (Å²) in [5, 5.41) is 0. The van der Waals surface area contributed by atoms with E-state index in [9.17, 15) is 0 Å². The molecule has 0 radical (unpaired) electrons. The molecule has 1 aliphatic rings. The summed E-state index contributed by atoms with van der Waals surface area (Å²) in [5.41, 5.74) is 1.03. The van der Waals surface area contributed by atoms with Gasteiger partial charge >= 0.3 is 0 Å². The zero-order valence-corrected chi connectivity index (χ0v) is 11.3. The Morgan fingerprint density at radius 2 is 2.35 bits per heavy atom. The van der Waals surface area contributed by atoms with Gasteiger partial charge in [0.1, 0.15) is 10.5 Å². The Morgan fingerprint density at radius 3 is 3.06 bits per heavy atom. The maximum Gasteiger partial charge on any atom is 0.130 e. The first-order chi connectivity index (χ1) is 8.19. The van der Waals surface area contributed by atoms with Gasteiger partial charge in [-0.25, -0.2) is 4.98 Å². The lowest BCUT2D eigenvalue weighted by molar-refractivity contribution is 0.180. The minimum Gasteiger partial charge on any atom is -0.378 e. The number of H-pyrrole nitrogens is 1. The zero-order chi connectivity index (χ0) is 12.3. The minimum absolute atomic E-state index is 0.539. The molecule has 0 saturated heterocycles. The summed E-state index contributed by atoms with van der Waals surface area (Å²) < 4.78 is 5.81. The Kier molecular flexibility index (Phi) is 4.29. The molecule has 0 aliphatic heterocycles. The summed E-state index contributed by atoms with van der Waals surface area (Å²) in [6.45, 7) is 2.89. The molecule has 1 fully saturated rings. The molecule has 94 valence electrons. The predicted molar refractivity (Wildman–Crippen MR) is 70.5 cm³/mol. The summed E-state index contributed by atoms with van der Waals surface area (Å²) >= 11 is 5.21. The standard InChI is InChI=1S/C13H20N2OS/c1-9-4-3-5-10(6-9)13-14-11(8-16-2)7-12(17)15-13/h7,9-10H,3-6,8H2,1-2H3,(H,14,15,17). The van der Waals surface area contributed by atoms with Crippen LogP contribution in [0.1, 0.15) is 50.0 Å². The lowest BCUT2D eigenvalue weighted by Gasteiger charge is -2.26. The van der Waals surface area contributed by atoms with Crippen LogP contribution < -0.4 is 0 Å². The van der Waals surface area contributed by atoms with Gasteiger partial charge in [0.25, 0.3) is 0 Å². The average molecular weight is 252 g/mol. The van der Waals surface area contributed by atoms with Gasteiger partial charge in [-0.2, -0.15) is 0 Å². The van der Waals surface area contributed by atoms with Crippen molar-refractivity contribution in [2.75, 3.05) is 7.11 Å². The first-order valence-corrected chi connectivity index (χ1v) is 6.69. The average Bonchev–Trinajstić information content (AvgIpc) is 2.28. The zero-order valence-electron chi connectivity index (χ0n) is 10.5. The summed E-state index contributed by atoms with van der Waals surface area (Å²) in [5.74, 6) is 2.39. The van der Waals surface area contributed by atoms with Crippen LogP contribution in [-0.2, 0) is 11.3 Å². The van der Waals surface area contributed by atoms with Crippen LogP contribution in [0.2, 0.25) is 0 Å². The van der Waals surface area contributed by atoms with E-state index in [1.807, 2.05) is 6.07 Å². The third kappa shape index (κ3) is 3.36. The number of methoxy groups -OCH3 is 1. The van der Waals surface area contributed by atoms with Crippen molar-refractivity contribution in [1.29, 1.82) is 0 Å². The molecule has 3 nitrogen and oxygen atoms in total. The Labute approximate surface area is 108 Å². The number of aromatic nitrogens is 2. The molecular weight excluding hydrogens is 232 g/mol. The lowest BCUT2D eigenvalue weighted by atomic mass is 9.82. The quantitative estimate of drug-likeness (QED) is 0.836. The van der Waals surface area contributed by atoms with Crippen LogP contribution in [0.25, 0.3) is 0 Å². The molecule has 0 amide bonds. The molecular formula is C13H20N2OS. The molecule has 0 aromatic carbocycles. The molecule has 2 rings (SSSR count). The van der Waals surface area contributed by atoms with E-state index in [2.05, 4.69) is 16.9 Å². The fourth-order valence-electron chi connectivity index (χ4n) is 2.64. The predicted octanol–water partition coefficient (Wildman–Crippen LogP) is 3.58. The summed E-state index contributed by atoms with van der Waals surface area (Å²) in [6.07, 6.45) is 5.07. The Bertz CT molecular complexity index is 430. The number of ether oxygens (including phenoxy) is 1. The van der Waals surface area contributed by atoms with Crippen molar-refractivity contribution in [2.24, 2.45) is 5.92 Å². The van der Waals surface area contributed by atoms with Crippen LogP contribution in [0.5, 0.6) is 0 Å². The van der Waals surface area contributed by atoms with Crippen LogP contribution in [0.15, 0.2) is 6.07 Å². The van der Waals surface area contributed by atoms with E-state index in [1.54, 1.807) is 7.11 Å². The van der Waals surface area contributed by atoms with Gasteiger partial charge in [0.05, 0.1) is 6.61 Å². The molecule has 2 unspecified atom stereocenters. The Balaban J connectivity index is 2.21. The third-order valence-electron chi connectivity index (χ3n) is 3.44. The van der Waals surface area contributed by atoms with Gasteiger partial charge in [-0.3, -0.25) is 0 Å². The van der Waals surface area contributed by atoms with Crippen LogP contribution in [0, 0.1) is 10.6 Å². The van der Waals surface area contributed by atoms with Crippen molar-refractivity contribution in [2.45, 2.75) is 45.1 Å². The molecule has 1 aliphatic carbocycles. The van der Waals surface area contributed by atoms with Crippen molar-refractivity contribution in [3.63, 3.8) is 0 Å². The first-order valence-electron chi connectivity index (χ1n) is 6.28. The van der Waals surface area contributed by atoms with E-state index in [-0.39, 0.29) is 0 Å². The highest BCUT2D eigenvalue weighted by Crippen LogP contribution is 2.34. The molecule has 2 atom stereocenters. The highest BCUT2D eigenvalue weighted by Gasteiger charge is 2.22. The fourth-order valence-corrected chi connectivity index (χ4v) is 2.88. The number of rotatable bonds is 3. The molecule has 0 bridgehead atoms. The Hall–Kier alpha value is -0.740. The molecule has 1 aromatic heterocycles. The van der Waals surface area contributed by atoms with Crippen molar-refractivity contribution in [3.05, 3.63) is 22.2 Å². The van der Waals surface area contributed by atoms with Gasteiger partial charge in [0, 0.05) is 18.7 Å². The van der Waals surface area contributed by atoms with E-state index in [4.69, 9.17) is 17.0 Å². The van der Waals surface area contributed by atoms with E-state index < -0.39 is 0 Å². The number of aromatic amines is 1. The number of hydrogen-bond acceptors (Lipinski definition) is 3. The lowest BCUT2D eigenvalue weighted by Crippen LogP contribution is -2.15. The van der Waals surface area contributed by atoms with Crippen molar-refractivity contribution < 1.29 is 4.74 Å². The molecule has 4 heteroatoms. The van der Waals surface area contributed by atoms with E-state index >= 15 is 0 Å². The molecule has 1 N–H and O–H groups in total. The summed E-state index contributed by atoms with van der Waals surface area (Å²) in [7, 11) is 1.69. The van der Waals surface area contributed by atoms with E-state index in [1.165, 1.54) is 25.7 Å². The monoisotopic (exact) mass is 252 g/mol. The van der Waals surface area contributed by atoms with Gasteiger partial charge in [-0.05, 0) is 24.8 Å². The van der Waals surface area contributed by atoms with Gasteiger partial charge in [0.2, 0.25) is 0 Å². The smallest absolute Gasteiger partial charge is 0.130 e. The second kappa shape index (κ2) is 5.74. The SMILES string of the molecule is COCc1cc(=S)nc(C2CCCC(C)C2)[nH]1. The highest BCUT2D eigenvalue weighted by atomic mass is 32.1. The van der Waals surface area contributed by atoms with Crippen molar-refractivity contribution >= 4 is 12.2 Å². The fraction of sp³-hybridized carbons (Fsp3) is 0.692. The molecule has 17 heavy (non-hydrogen) atoms. The molecule has 1 heterocycles. The van der Waals surface area contributed by atoms with Crippen LogP contribution in [-0.4, -0.2) is 17.1 Å².